The summed E-state index contributed by atoms with van der Waals surface area (Å²) in [5, 5.41) is 0. The van der Waals surface area contributed by atoms with Gasteiger partial charge in [0.25, 0.3) is 0 Å². The summed E-state index contributed by atoms with van der Waals surface area (Å²) in [6.07, 6.45) is 82.7. The van der Waals surface area contributed by atoms with Crippen molar-refractivity contribution in [3.63, 3.8) is 0 Å². The number of carbonyl (C=O) groups is 3. The van der Waals surface area contributed by atoms with Crippen LogP contribution >= 0.6 is 0 Å². The van der Waals surface area contributed by atoms with Gasteiger partial charge in [0.05, 0.1) is 0 Å². The van der Waals surface area contributed by atoms with Crippen molar-refractivity contribution in [2.45, 2.75) is 374 Å². The molecule has 0 bridgehead atoms. The molecule has 0 aromatic carbocycles. The molecular formula is C71H130O6. The minimum Gasteiger partial charge on any atom is -0.462 e. The van der Waals surface area contributed by atoms with E-state index in [1.807, 2.05) is 0 Å². The average molecular weight is 1080 g/mol. The van der Waals surface area contributed by atoms with E-state index in [9.17, 15) is 14.4 Å². The fourth-order valence-electron chi connectivity index (χ4n) is 10.3. The van der Waals surface area contributed by atoms with Gasteiger partial charge in [-0.2, -0.15) is 0 Å². The number of ether oxygens (including phenoxy) is 3. The summed E-state index contributed by atoms with van der Waals surface area (Å²) in [5.41, 5.74) is 0. The van der Waals surface area contributed by atoms with Crippen LogP contribution in [-0.2, 0) is 28.6 Å². The lowest BCUT2D eigenvalue weighted by Gasteiger charge is -2.18. The van der Waals surface area contributed by atoms with E-state index in [-0.39, 0.29) is 31.1 Å². The maximum atomic E-state index is 12.9. The zero-order valence-corrected chi connectivity index (χ0v) is 51.7. The summed E-state index contributed by atoms with van der Waals surface area (Å²) in [4.78, 5) is 38.4. The zero-order chi connectivity index (χ0) is 55.7. The van der Waals surface area contributed by atoms with Crippen molar-refractivity contribution >= 4 is 17.9 Å². The first-order valence-corrected chi connectivity index (χ1v) is 34.1. The lowest BCUT2D eigenvalue weighted by atomic mass is 10.0. The normalized spacial score (nSPS) is 12.3. The van der Waals surface area contributed by atoms with Gasteiger partial charge in [-0.05, 0) is 57.8 Å². The predicted molar refractivity (Wildman–Crippen MR) is 335 cm³/mol. The molecule has 0 unspecified atom stereocenters. The highest BCUT2D eigenvalue weighted by molar-refractivity contribution is 5.71. The predicted octanol–water partition coefficient (Wildman–Crippen LogP) is 23.3. The Bertz CT molecular complexity index is 1330. The Labute approximate surface area is 479 Å². The smallest absolute Gasteiger partial charge is 0.306 e. The Balaban J connectivity index is 4.33. The lowest BCUT2D eigenvalue weighted by Crippen LogP contribution is -2.30. The fraction of sp³-hybridized carbons (Fsp3) is 0.845. The molecule has 0 spiro atoms. The van der Waals surface area contributed by atoms with Gasteiger partial charge in [0, 0.05) is 19.3 Å². The molecule has 1 atom stereocenters. The molecule has 6 heteroatoms. The first-order valence-electron chi connectivity index (χ1n) is 34.1. The van der Waals surface area contributed by atoms with Gasteiger partial charge in [0.1, 0.15) is 13.2 Å². The topological polar surface area (TPSA) is 78.9 Å². The van der Waals surface area contributed by atoms with E-state index in [1.165, 1.54) is 231 Å². The van der Waals surface area contributed by atoms with Gasteiger partial charge >= 0.3 is 17.9 Å². The third-order valence-electron chi connectivity index (χ3n) is 15.3. The molecule has 0 saturated heterocycles. The molecule has 0 radical (unpaired) electrons. The Morgan fingerprint density at radius 1 is 0.273 bits per heavy atom. The molecule has 0 N–H and O–H groups in total. The first-order chi connectivity index (χ1) is 38.0. The molecule has 0 rings (SSSR count). The first kappa shape index (κ1) is 74.4. The second kappa shape index (κ2) is 65.9. The molecule has 0 aromatic rings. The SMILES string of the molecule is CC/C=C\C/C=C\C/C=C\C/C=C\CCCCCCC(=O)OC[C@H](COC(=O)CCCCCCCCCCCCCCCCCCCCCCC)OC(=O)CCCCCCCCCCCCCCCCCCCCCCC. The molecule has 0 aromatic heterocycles. The summed E-state index contributed by atoms with van der Waals surface area (Å²) in [7, 11) is 0. The van der Waals surface area contributed by atoms with Crippen LogP contribution in [0.5, 0.6) is 0 Å². The van der Waals surface area contributed by atoms with Crippen molar-refractivity contribution in [3.8, 4) is 0 Å². The summed E-state index contributed by atoms with van der Waals surface area (Å²) in [6, 6.07) is 0. The monoisotopic (exact) mass is 1080 g/mol. The van der Waals surface area contributed by atoms with Crippen LogP contribution in [0.3, 0.4) is 0 Å². The van der Waals surface area contributed by atoms with Gasteiger partial charge < -0.3 is 14.2 Å². The fourth-order valence-corrected chi connectivity index (χ4v) is 10.3. The second-order valence-corrected chi connectivity index (χ2v) is 23.1. The maximum Gasteiger partial charge on any atom is 0.306 e. The van der Waals surface area contributed by atoms with E-state index >= 15 is 0 Å². The molecule has 0 fully saturated rings. The Kier molecular flexibility index (Phi) is 63.6. The average Bonchev–Trinajstić information content (AvgIpc) is 3.43. The molecule has 0 aliphatic rings. The van der Waals surface area contributed by atoms with Crippen LogP contribution in [0, 0.1) is 0 Å². The van der Waals surface area contributed by atoms with Crippen LogP contribution in [0.1, 0.15) is 367 Å². The number of esters is 3. The van der Waals surface area contributed by atoms with Crippen molar-refractivity contribution in [1.29, 1.82) is 0 Å². The quantitative estimate of drug-likeness (QED) is 0.0261. The lowest BCUT2D eigenvalue weighted by molar-refractivity contribution is -0.167. The molecule has 0 aliphatic carbocycles. The number of unbranched alkanes of at least 4 members (excludes halogenated alkanes) is 44. The van der Waals surface area contributed by atoms with Gasteiger partial charge in [0.15, 0.2) is 6.10 Å². The summed E-state index contributed by atoms with van der Waals surface area (Å²) in [5.74, 6) is -0.873. The second-order valence-electron chi connectivity index (χ2n) is 23.1. The van der Waals surface area contributed by atoms with Crippen LogP contribution in [0.2, 0.25) is 0 Å². The van der Waals surface area contributed by atoms with Crippen molar-refractivity contribution < 1.29 is 28.6 Å². The van der Waals surface area contributed by atoms with Gasteiger partial charge in [-0.15, -0.1) is 0 Å². The molecular weight excluding hydrogens is 949 g/mol. The molecule has 0 saturated carbocycles. The Hall–Kier alpha value is -2.63. The highest BCUT2D eigenvalue weighted by atomic mass is 16.6. The van der Waals surface area contributed by atoms with E-state index in [0.717, 1.165) is 96.3 Å². The van der Waals surface area contributed by atoms with Crippen molar-refractivity contribution in [2.75, 3.05) is 13.2 Å². The van der Waals surface area contributed by atoms with Crippen molar-refractivity contribution in [3.05, 3.63) is 48.6 Å². The number of rotatable bonds is 63. The van der Waals surface area contributed by atoms with Crippen LogP contribution in [0.15, 0.2) is 48.6 Å². The van der Waals surface area contributed by atoms with Gasteiger partial charge in [0.2, 0.25) is 0 Å². The number of carbonyl (C=O) groups excluding carboxylic acids is 3. The molecule has 6 nitrogen and oxygen atoms in total. The van der Waals surface area contributed by atoms with E-state index in [1.54, 1.807) is 0 Å². The van der Waals surface area contributed by atoms with Crippen molar-refractivity contribution in [1.82, 2.24) is 0 Å². The minimum atomic E-state index is -0.781. The number of hydrogen-bond donors (Lipinski definition) is 0. The minimum absolute atomic E-state index is 0.0757. The largest absolute Gasteiger partial charge is 0.462 e. The van der Waals surface area contributed by atoms with Crippen LogP contribution in [0.4, 0.5) is 0 Å². The van der Waals surface area contributed by atoms with Gasteiger partial charge in [-0.1, -0.05) is 339 Å². The van der Waals surface area contributed by atoms with E-state index in [4.69, 9.17) is 14.2 Å². The summed E-state index contributed by atoms with van der Waals surface area (Å²) in [6.45, 7) is 6.58. The highest BCUT2D eigenvalue weighted by Gasteiger charge is 2.19. The molecule has 0 amide bonds. The zero-order valence-electron chi connectivity index (χ0n) is 51.7. The summed E-state index contributed by atoms with van der Waals surface area (Å²) < 4.78 is 17.0. The molecule has 77 heavy (non-hydrogen) atoms. The third kappa shape index (κ3) is 64.1. The van der Waals surface area contributed by atoms with Crippen molar-refractivity contribution in [2.24, 2.45) is 0 Å². The molecule has 0 aliphatic heterocycles. The number of hydrogen-bond acceptors (Lipinski definition) is 6. The molecule has 450 valence electrons. The number of allylic oxidation sites excluding steroid dienone is 8. The third-order valence-corrected chi connectivity index (χ3v) is 15.3. The Morgan fingerprint density at radius 3 is 0.792 bits per heavy atom. The standard InChI is InChI=1S/C71H130O6/c1-4-7-10-13-16-19-22-25-28-31-33-35-37-40-43-46-49-52-55-58-61-64-70(73)76-67-68(66-75-69(72)63-60-57-54-51-48-45-42-39-30-27-24-21-18-15-12-9-6-3)77-71(74)65-62-59-56-53-50-47-44-41-38-36-34-32-29-26-23-20-17-14-11-8-5-2/h9,12,18,21,27,30,42,45,68H,4-8,10-11,13-17,19-20,22-26,28-29,31-41,43-44,46-67H2,1-3H3/b12-9-,21-18-,30-27-,45-42-/t68-/m1/s1. The molecule has 0 heterocycles. The highest BCUT2D eigenvalue weighted by Crippen LogP contribution is 2.18. The van der Waals surface area contributed by atoms with Gasteiger partial charge in [-0.25, -0.2) is 0 Å². The van der Waals surface area contributed by atoms with Crippen LogP contribution in [0.25, 0.3) is 0 Å². The van der Waals surface area contributed by atoms with Crippen LogP contribution < -0.4 is 0 Å². The van der Waals surface area contributed by atoms with E-state index < -0.39 is 6.10 Å². The van der Waals surface area contributed by atoms with Gasteiger partial charge in [-0.3, -0.25) is 14.4 Å². The maximum absolute atomic E-state index is 12.9. The summed E-state index contributed by atoms with van der Waals surface area (Å²) >= 11 is 0. The Morgan fingerprint density at radius 2 is 0.506 bits per heavy atom. The van der Waals surface area contributed by atoms with E-state index in [0.29, 0.717) is 19.3 Å². The van der Waals surface area contributed by atoms with Crippen LogP contribution in [-0.4, -0.2) is 37.2 Å². The van der Waals surface area contributed by atoms with E-state index in [2.05, 4.69) is 69.4 Å².